The Hall–Kier alpha value is -1.49. The Morgan fingerprint density at radius 3 is 2.94 bits per heavy atom. The number of hydrogen-bond acceptors (Lipinski definition) is 4. The first kappa shape index (κ1) is 12.6. The van der Waals surface area contributed by atoms with Gasteiger partial charge in [0.2, 0.25) is 6.17 Å². The van der Waals surface area contributed by atoms with Crippen LogP contribution in [0.2, 0.25) is 0 Å². The predicted octanol–water partition coefficient (Wildman–Crippen LogP) is 1.32. The van der Waals surface area contributed by atoms with Gasteiger partial charge in [0.05, 0.1) is 6.61 Å². The minimum atomic E-state index is -2.08. The molecule has 1 aromatic heterocycles. The van der Waals surface area contributed by atoms with E-state index in [0.29, 0.717) is 11.1 Å². The first-order chi connectivity index (χ1) is 7.57. The van der Waals surface area contributed by atoms with Gasteiger partial charge in [0, 0.05) is 18.0 Å². The van der Waals surface area contributed by atoms with E-state index in [9.17, 15) is 14.3 Å². The maximum atomic E-state index is 13.5. The van der Waals surface area contributed by atoms with Gasteiger partial charge in [-0.15, -0.1) is 0 Å². The van der Waals surface area contributed by atoms with Crippen LogP contribution >= 0.6 is 0 Å². The number of carbonyl (C=O) groups is 1. The molecule has 88 valence electrons. The zero-order chi connectivity index (χ0) is 12.1. The summed E-state index contributed by atoms with van der Waals surface area (Å²) in [5.41, 5.74) is 0.970. The molecule has 2 unspecified atom stereocenters. The van der Waals surface area contributed by atoms with Crippen molar-refractivity contribution in [2.75, 3.05) is 6.61 Å². The van der Waals surface area contributed by atoms with Gasteiger partial charge in [-0.05, 0) is 25.5 Å². The van der Waals surface area contributed by atoms with Gasteiger partial charge in [-0.25, -0.2) is 9.18 Å². The van der Waals surface area contributed by atoms with Gasteiger partial charge in [0.1, 0.15) is 6.10 Å². The van der Waals surface area contributed by atoms with Crippen molar-refractivity contribution in [3.8, 4) is 0 Å². The van der Waals surface area contributed by atoms with E-state index < -0.39 is 18.2 Å². The van der Waals surface area contributed by atoms with Crippen molar-refractivity contribution in [2.24, 2.45) is 0 Å². The van der Waals surface area contributed by atoms with Crippen molar-refractivity contribution in [2.45, 2.75) is 26.1 Å². The molecule has 0 aromatic carbocycles. The minimum Gasteiger partial charge on any atom is -0.464 e. The molecule has 2 atom stereocenters. The number of aryl methyl sites for hydroxylation is 1. The lowest BCUT2D eigenvalue weighted by molar-refractivity contribution is -0.153. The van der Waals surface area contributed by atoms with Gasteiger partial charge < -0.3 is 9.84 Å². The molecule has 0 aliphatic rings. The molecule has 0 saturated heterocycles. The lowest BCUT2D eigenvalue weighted by Crippen LogP contribution is -2.26. The van der Waals surface area contributed by atoms with Crippen LogP contribution in [0.25, 0.3) is 0 Å². The molecular formula is C11H14FNO3. The fourth-order valence-corrected chi connectivity index (χ4v) is 1.29. The largest absolute Gasteiger partial charge is 0.464 e. The average molecular weight is 227 g/mol. The smallest absolute Gasteiger partial charge is 0.343 e. The molecule has 0 bridgehead atoms. The standard InChI is InChI=1S/C11H14FNO3/c1-3-16-11(15)9(12)10(14)8-6-13-5-4-7(8)2/h4-6,9-10,14H,3H2,1-2H3. The highest BCUT2D eigenvalue weighted by molar-refractivity contribution is 5.75. The van der Waals surface area contributed by atoms with E-state index in [2.05, 4.69) is 9.72 Å². The monoisotopic (exact) mass is 227 g/mol. The minimum absolute atomic E-state index is 0.0813. The molecule has 1 heterocycles. The molecule has 0 amide bonds. The van der Waals surface area contributed by atoms with Crippen LogP contribution in [0.5, 0.6) is 0 Å². The number of alkyl halides is 1. The number of pyridine rings is 1. The van der Waals surface area contributed by atoms with E-state index in [-0.39, 0.29) is 6.61 Å². The van der Waals surface area contributed by atoms with Crippen molar-refractivity contribution in [1.29, 1.82) is 0 Å². The molecule has 4 nitrogen and oxygen atoms in total. The number of halogens is 1. The number of aliphatic hydroxyl groups is 1. The van der Waals surface area contributed by atoms with Crippen LogP contribution in [0.4, 0.5) is 4.39 Å². The van der Waals surface area contributed by atoms with Gasteiger partial charge in [0.25, 0.3) is 0 Å². The molecule has 1 aromatic rings. The van der Waals surface area contributed by atoms with E-state index in [1.807, 2.05) is 0 Å². The van der Waals surface area contributed by atoms with Crippen molar-refractivity contribution in [1.82, 2.24) is 4.98 Å². The number of aromatic nitrogens is 1. The molecule has 16 heavy (non-hydrogen) atoms. The Balaban J connectivity index is 2.82. The summed E-state index contributed by atoms with van der Waals surface area (Å²) in [6.07, 6.45) is -0.745. The third kappa shape index (κ3) is 2.76. The second-order valence-electron chi connectivity index (χ2n) is 3.33. The maximum Gasteiger partial charge on any atom is 0.343 e. The normalized spacial score (nSPS) is 14.2. The Morgan fingerprint density at radius 2 is 2.38 bits per heavy atom. The lowest BCUT2D eigenvalue weighted by atomic mass is 10.0. The molecule has 0 saturated carbocycles. The third-order valence-corrected chi connectivity index (χ3v) is 2.19. The van der Waals surface area contributed by atoms with Crippen LogP contribution in [-0.4, -0.2) is 28.8 Å². The van der Waals surface area contributed by atoms with E-state index >= 15 is 0 Å². The summed E-state index contributed by atoms with van der Waals surface area (Å²) in [6.45, 7) is 3.36. The second-order valence-corrected chi connectivity index (χ2v) is 3.33. The average Bonchev–Trinajstić information content (AvgIpc) is 2.28. The Morgan fingerprint density at radius 1 is 1.69 bits per heavy atom. The van der Waals surface area contributed by atoms with Crippen LogP contribution in [0.15, 0.2) is 18.5 Å². The summed E-state index contributed by atoms with van der Waals surface area (Å²) in [7, 11) is 0. The SMILES string of the molecule is CCOC(=O)C(F)C(O)c1cnccc1C. The summed E-state index contributed by atoms with van der Waals surface area (Å²) >= 11 is 0. The van der Waals surface area contributed by atoms with Crippen molar-refractivity contribution < 1.29 is 19.0 Å². The van der Waals surface area contributed by atoms with Crippen LogP contribution in [0.1, 0.15) is 24.2 Å². The number of rotatable bonds is 4. The van der Waals surface area contributed by atoms with E-state index in [1.165, 1.54) is 12.4 Å². The number of nitrogens with zero attached hydrogens (tertiary/aromatic N) is 1. The van der Waals surface area contributed by atoms with Crippen LogP contribution in [0.3, 0.4) is 0 Å². The molecule has 0 aliphatic heterocycles. The Labute approximate surface area is 93.1 Å². The van der Waals surface area contributed by atoms with Gasteiger partial charge >= 0.3 is 5.97 Å². The molecular weight excluding hydrogens is 213 g/mol. The zero-order valence-electron chi connectivity index (χ0n) is 9.18. The Bertz CT molecular complexity index is 370. The summed E-state index contributed by atoms with van der Waals surface area (Å²) in [4.78, 5) is 14.9. The molecule has 0 radical (unpaired) electrons. The van der Waals surface area contributed by atoms with E-state index in [0.717, 1.165) is 0 Å². The van der Waals surface area contributed by atoms with Crippen molar-refractivity contribution in [3.63, 3.8) is 0 Å². The quantitative estimate of drug-likeness (QED) is 0.788. The summed E-state index contributed by atoms with van der Waals surface area (Å²) in [5.74, 6) is -1.06. The second kappa shape index (κ2) is 5.55. The fraction of sp³-hybridized carbons (Fsp3) is 0.455. The van der Waals surface area contributed by atoms with Crippen LogP contribution in [0, 0.1) is 6.92 Å². The first-order valence-corrected chi connectivity index (χ1v) is 4.97. The predicted molar refractivity (Wildman–Crippen MR) is 55.5 cm³/mol. The van der Waals surface area contributed by atoms with Gasteiger partial charge in [0.15, 0.2) is 0 Å². The molecule has 5 heteroatoms. The number of hydrogen-bond donors (Lipinski definition) is 1. The summed E-state index contributed by atoms with van der Waals surface area (Å²) < 4.78 is 18.0. The van der Waals surface area contributed by atoms with Gasteiger partial charge in [-0.1, -0.05) is 0 Å². The number of carbonyl (C=O) groups excluding carboxylic acids is 1. The summed E-state index contributed by atoms with van der Waals surface area (Å²) in [5, 5.41) is 9.65. The van der Waals surface area contributed by atoms with Crippen molar-refractivity contribution >= 4 is 5.97 Å². The molecule has 1 rings (SSSR count). The molecule has 0 fully saturated rings. The van der Waals surface area contributed by atoms with E-state index in [4.69, 9.17) is 0 Å². The van der Waals surface area contributed by atoms with Gasteiger partial charge in [-0.2, -0.15) is 0 Å². The highest BCUT2D eigenvalue weighted by Gasteiger charge is 2.30. The molecule has 0 aliphatic carbocycles. The lowest BCUT2D eigenvalue weighted by Gasteiger charge is -2.16. The highest BCUT2D eigenvalue weighted by atomic mass is 19.1. The van der Waals surface area contributed by atoms with Gasteiger partial charge in [-0.3, -0.25) is 4.98 Å². The number of aliphatic hydroxyl groups excluding tert-OH is 1. The number of ether oxygens (including phenoxy) is 1. The Kier molecular flexibility index (Phi) is 4.37. The van der Waals surface area contributed by atoms with Crippen molar-refractivity contribution in [3.05, 3.63) is 29.6 Å². The van der Waals surface area contributed by atoms with Crippen LogP contribution in [-0.2, 0) is 9.53 Å². The first-order valence-electron chi connectivity index (χ1n) is 4.97. The molecule has 1 N–H and O–H groups in total. The van der Waals surface area contributed by atoms with E-state index in [1.54, 1.807) is 19.9 Å². The van der Waals surface area contributed by atoms with Crippen LogP contribution < -0.4 is 0 Å². The number of esters is 1. The fourth-order valence-electron chi connectivity index (χ4n) is 1.29. The summed E-state index contributed by atoms with van der Waals surface area (Å²) in [6, 6.07) is 1.64. The third-order valence-electron chi connectivity index (χ3n) is 2.19. The topological polar surface area (TPSA) is 59.4 Å². The molecule has 0 spiro atoms. The zero-order valence-corrected chi connectivity index (χ0v) is 9.18. The highest BCUT2D eigenvalue weighted by Crippen LogP contribution is 2.22. The maximum absolute atomic E-state index is 13.5.